The first-order chi connectivity index (χ1) is 18.4. The van der Waals surface area contributed by atoms with Gasteiger partial charge in [-0.3, -0.25) is 19.3 Å². The van der Waals surface area contributed by atoms with Crippen molar-refractivity contribution in [1.29, 1.82) is 0 Å². The topological polar surface area (TPSA) is 96.9 Å². The fourth-order valence-electron chi connectivity index (χ4n) is 5.65. The summed E-state index contributed by atoms with van der Waals surface area (Å²) >= 11 is 0. The number of para-hydroxylation sites is 2. The summed E-state index contributed by atoms with van der Waals surface area (Å²) in [6.07, 6.45) is 0. The minimum absolute atomic E-state index is 0.00860. The molecule has 1 atom stereocenters. The Balaban J connectivity index is 1.55. The molecule has 2 aliphatic rings. The van der Waals surface area contributed by atoms with Crippen LogP contribution in [0.4, 0.5) is 11.5 Å². The van der Waals surface area contributed by atoms with Crippen LogP contribution in [0.5, 0.6) is 0 Å². The molecule has 2 aliphatic heterocycles. The van der Waals surface area contributed by atoms with Gasteiger partial charge in [-0.15, -0.1) is 0 Å². The van der Waals surface area contributed by atoms with E-state index in [4.69, 9.17) is 8.94 Å². The maximum absolute atomic E-state index is 14.7. The average molecular weight is 504 g/mol. The Bertz CT molecular complexity index is 1850. The van der Waals surface area contributed by atoms with E-state index in [1.165, 1.54) is 4.90 Å². The van der Waals surface area contributed by atoms with Gasteiger partial charge in [0.25, 0.3) is 11.8 Å². The van der Waals surface area contributed by atoms with Crippen LogP contribution >= 0.6 is 0 Å². The third kappa shape index (κ3) is 2.79. The lowest BCUT2D eigenvalue weighted by molar-refractivity contribution is -0.121. The number of aromatic nitrogens is 1. The van der Waals surface area contributed by atoms with Crippen LogP contribution in [0.2, 0.25) is 0 Å². The largest absolute Gasteiger partial charge is 0.450 e. The van der Waals surface area contributed by atoms with Crippen molar-refractivity contribution in [3.63, 3.8) is 0 Å². The molecule has 7 rings (SSSR count). The highest BCUT2D eigenvalue weighted by molar-refractivity contribution is 6.24. The summed E-state index contributed by atoms with van der Waals surface area (Å²) in [5, 5.41) is 4.38. The summed E-state index contributed by atoms with van der Waals surface area (Å²) in [7, 11) is 0. The van der Waals surface area contributed by atoms with E-state index in [2.05, 4.69) is 5.16 Å². The molecule has 2 aromatic heterocycles. The first kappa shape index (κ1) is 22.2. The first-order valence-corrected chi connectivity index (χ1v) is 12.2. The molecule has 8 nitrogen and oxygen atoms in total. The number of amides is 2. The van der Waals surface area contributed by atoms with Crippen LogP contribution in [0.1, 0.15) is 38.6 Å². The smallest absolute Gasteiger partial charge is 0.297 e. The van der Waals surface area contributed by atoms with Crippen molar-refractivity contribution in [3.8, 4) is 0 Å². The number of hydrogen-bond donors (Lipinski definition) is 0. The Kier molecular flexibility index (Phi) is 4.54. The second-order valence-corrected chi connectivity index (χ2v) is 9.67. The molecule has 2 amide bonds. The SMILES string of the molecule is Cc1ccc(CN2C(=O)C3(c4ccccc42)c2c(oc4ccccc4c2=O)C(=O)N3c2cc(C)on2)cc1. The van der Waals surface area contributed by atoms with Gasteiger partial charge in [0.1, 0.15) is 11.3 Å². The maximum Gasteiger partial charge on any atom is 0.297 e. The zero-order valence-corrected chi connectivity index (χ0v) is 20.6. The standard InChI is InChI=1S/C30H21N3O5/c1-17-11-13-19(14-12-17)16-32-22-9-5-4-8-21(22)30(29(32)36)25-26(34)20-7-3-6-10-23(20)37-27(25)28(35)33(30)24-15-18(2)38-31-24/h3-15H,16H2,1-2H3. The van der Waals surface area contributed by atoms with Gasteiger partial charge < -0.3 is 13.8 Å². The lowest BCUT2D eigenvalue weighted by Crippen LogP contribution is -2.53. The van der Waals surface area contributed by atoms with Crippen LogP contribution < -0.4 is 15.2 Å². The van der Waals surface area contributed by atoms with Crippen LogP contribution in [0.25, 0.3) is 11.0 Å². The number of fused-ring (bicyclic) bond motifs is 5. The number of carbonyl (C=O) groups excluding carboxylic acids is 2. The van der Waals surface area contributed by atoms with Crippen LogP contribution in [0.3, 0.4) is 0 Å². The van der Waals surface area contributed by atoms with Gasteiger partial charge in [0.05, 0.1) is 23.2 Å². The molecule has 0 radical (unpaired) electrons. The van der Waals surface area contributed by atoms with E-state index in [-0.39, 0.29) is 29.3 Å². The molecule has 0 fully saturated rings. The van der Waals surface area contributed by atoms with E-state index in [1.807, 2.05) is 43.3 Å². The number of benzene rings is 3. The van der Waals surface area contributed by atoms with Crippen molar-refractivity contribution >= 4 is 34.3 Å². The van der Waals surface area contributed by atoms with Gasteiger partial charge in [0, 0.05) is 11.6 Å². The van der Waals surface area contributed by atoms with Crippen LogP contribution in [-0.4, -0.2) is 17.0 Å². The zero-order chi connectivity index (χ0) is 26.2. The fraction of sp³-hybridized carbons (Fsp3) is 0.133. The summed E-state index contributed by atoms with van der Waals surface area (Å²) in [4.78, 5) is 45.8. The van der Waals surface area contributed by atoms with Gasteiger partial charge in [-0.2, -0.15) is 0 Å². The summed E-state index contributed by atoms with van der Waals surface area (Å²) in [5.41, 5.74) is 1.16. The van der Waals surface area contributed by atoms with E-state index in [1.54, 1.807) is 54.3 Å². The lowest BCUT2D eigenvalue weighted by atomic mass is 9.84. The molecule has 4 heterocycles. The van der Waals surface area contributed by atoms with E-state index in [0.29, 0.717) is 22.4 Å². The molecule has 0 N–H and O–H groups in total. The molecular formula is C30H21N3O5. The summed E-state index contributed by atoms with van der Waals surface area (Å²) in [5.74, 6) is -0.651. The fourth-order valence-corrected chi connectivity index (χ4v) is 5.65. The number of hydrogen-bond acceptors (Lipinski definition) is 6. The second-order valence-electron chi connectivity index (χ2n) is 9.67. The zero-order valence-electron chi connectivity index (χ0n) is 20.6. The van der Waals surface area contributed by atoms with Crippen molar-refractivity contribution in [1.82, 2.24) is 5.16 Å². The highest BCUT2D eigenvalue weighted by Gasteiger charge is 2.66. The van der Waals surface area contributed by atoms with E-state index in [9.17, 15) is 14.4 Å². The van der Waals surface area contributed by atoms with Crippen molar-refractivity contribution in [3.05, 3.63) is 123 Å². The minimum atomic E-state index is -1.80. The first-order valence-electron chi connectivity index (χ1n) is 12.2. The summed E-state index contributed by atoms with van der Waals surface area (Å²) in [6.45, 7) is 3.95. The molecule has 1 spiro atoms. The van der Waals surface area contributed by atoms with Gasteiger partial charge in [-0.05, 0) is 37.6 Å². The van der Waals surface area contributed by atoms with Crippen molar-refractivity contribution in [2.75, 3.05) is 9.80 Å². The highest BCUT2D eigenvalue weighted by atomic mass is 16.5. The number of anilines is 2. The number of carbonyl (C=O) groups is 2. The van der Waals surface area contributed by atoms with Gasteiger partial charge in [-0.25, -0.2) is 0 Å². The summed E-state index contributed by atoms with van der Waals surface area (Å²) < 4.78 is 11.4. The molecular weight excluding hydrogens is 482 g/mol. The Morgan fingerprint density at radius 2 is 1.63 bits per heavy atom. The van der Waals surface area contributed by atoms with E-state index in [0.717, 1.165) is 11.1 Å². The molecule has 38 heavy (non-hydrogen) atoms. The van der Waals surface area contributed by atoms with E-state index >= 15 is 0 Å². The van der Waals surface area contributed by atoms with Gasteiger partial charge in [0.2, 0.25) is 5.76 Å². The number of rotatable bonds is 3. The Morgan fingerprint density at radius 3 is 2.39 bits per heavy atom. The molecule has 0 saturated carbocycles. The predicted molar refractivity (Wildman–Crippen MR) is 140 cm³/mol. The molecule has 3 aromatic carbocycles. The average Bonchev–Trinajstić information content (AvgIpc) is 3.54. The molecule has 5 aromatic rings. The second kappa shape index (κ2) is 7.76. The highest BCUT2D eigenvalue weighted by Crippen LogP contribution is 2.54. The number of nitrogens with zero attached hydrogens (tertiary/aromatic N) is 3. The van der Waals surface area contributed by atoms with Crippen molar-refractivity contribution in [2.45, 2.75) is 25.9 Å². The quantitative estimate of drug-likeness (QED) is 0.349. The maximum atomic E-state index is 14.7. The minimum Gasteiger partial charge on any atom is -0.450 e. The Hall–Kier alpha value is -4.98. The monoisotopic (exact) mass is 503 g/mol. The van der Waals surface area contributed by atoms with Gasteiger partial charge in [-0.1, -0.05) is 65.3 Å². The Labute approximate surface area is 216 Å². The normalized spacial score (nSPS) is 18.1. The van der Waals surface area contributed by atoms with Crippen LogP contribution in [-0.2, 0) is 16.9 Å². The van der Waals surface area contributed by atoms with Crippen molar-refractivity contribution in [2.24, 2.45) is 0 Å². The molecule has 0 bridgehead atoms. The predicted octanol–water partition coefficient (Wildman–Crippen LogP) is 4.85. The van der Waals surface area contributed by atoms with Gasteiger partial charge >= 0.3 is 0 Å². The third-order valence-electron chi connectivity index (χ3n) is 7.34. The lowest BCUT2D eigenvalue weighted by Gasteiger charge is -2.32. The van der Waals surface area contributed by atoms with Crippen molar-refractivity contribution < 1.29 is 18.5 Å². The van der Waals surface area contributed by atoms with Crippen LogP contribution in [0, 0.1) is 13.8 Å². The summed E-state index contributed by atoms with van der Waals surface area (Å²) in [6, 6.07) is 23.4. The third-order valence-corrected chi connectivity index (χ3v) is 7.34. The Morgan fingerprint density at radius 1 is 0.895 bits per heavy atom. The molecule has 186 valence electrons. The number of aryl methyl sites for hydroxylation is 2. The molecule has 1 unspecified atom stereocenters. The molecule has 0 saturated heterocycles. The molecule has 0 aliphatic carbocycles. The van der Waals surface area contributed by atoms with Crippen LogP contribution in [0.15, 0.2) is 92.6 Å². The van der Waals surface area contributed by atoms with Gasteiger partial charge in [0.15, 0.2) is 16.8 Å². The van der Waals surface area contributed by atoms with E-state index < -0.39 is 22.8 Å². The molecule has 8 heteroatoms.